The van der Waals surface area contributed by atoms with Gasteiger partial charge in [-0.2, -0.15) is 0 Å². The third-order valence-electron chi connectivity index (χ3n) is 3.77. The second kappa shape index (κ2) is 2.71. The fourth-order valence-corrected chi connectivity index (χ4v) is 2.63. The van der Waals surface area contributed by atoms with Gasteiger partial charge in [0, 0.05) is 11.8 Å². The smallest absolute Gasteiger partial charge is 0.222 e. The zero-order valence-electron chi connectivity index (χ0n) is 8.10. The van der Waals surface area contributed by atoms with Crippen LogP contribution in [0.15, 0.2) is 0 Å². The highest BCUT2D eigenvalue weighted by molar-refractivity contribution is 5.77. The molecule has 0 spiro atoms. The van der Waals surface area contributed by atoms with E-state index in [2.05, 4.69) is 12.2 Å². The van der Waals surface area contributed by atoms with Crippen LogP contribution in [-0.2, 0) is 4.79 Å². The van der Waals surface area contributed by atoms with E-state index in [-0.39, 0.29) is 11.3 Å². The van der Waals surface area contributed by atoms with E-state index in [0.717, 1.165) is 25.7 Å². The Bertz CT molecular complexity index is 241. The molecule has 3 nitrogen and oxygen atoms in total. The lowest BCUT2D eigenvalue weighted by Gasteiger charge is -2.51. The predicted octanol–water partition coefficient (Wildman–Crippen LogP) is 1.17. The lowest BCUT2D eigenvalue weighted by Crippen LogP contribution is -2.63. The van der Waals surface area contributed by atoms with Crippen LogP contribution in [0.5, 0.6) is 0 Å². The van der Waals surface area contributed by atoms with Crippen molar-refractivity contribution in [2.45, 2.75) is 51.2 Å². The van der Waals surface area contributed by atoms with Gasteiger partial charge in [-0.3, -0.25) is 4.79 Å². The number of rotatable bonds is 0. The molecule has 1 saturated heterocycles. The molecule has 74 valence electrons. The van der Waals surface area contributed by atoms with Gasteiger partial charge in [0.2, 0.25) is 5.91 Å². The maximum absolute atomic E-state index is 11.2. The van der Waals surface area contributed by atoms with Gasteiger partial charge in [0.05, 0.1) is 0 Å². The van der Waals surface area contributed by atoms with Gasteiger partial charge in [-0.05, 0) is 25.7 Å². The number of aliphatic hydroxyl groups is 1. The van der Waals surface area contributed by atoms with Gasteiger partial charge < -0.3 is 10.4 Å². The highest BCUT2D eigenvalue weighted by Gasteiger charge is 2.51. The summed E-state index contributed by atoms with van der Waals surface area (Å²) in [6.07, 6.45) is 5.34. The number of carbonyl (C=O) groups is 1. The normalized spacial score (nSPS) is 45.2. The topological polar surface area (TPSA) is 49.3 Å². The van der Waals surface area contributed by atoms with Gasteiger partial charge in [0.1, 0.15) is 5.72 Å². The Kier molecular flexibility index (Phi) is 1.88. The molecule has 1 amide bonds. The van der Waals surface area contributed by atoms with Gasteiger partial charge in [-0.15, -0.1) is 0 Å². The number of fused-ring (bicyclic) bond motifs is 1. The van der Waals surface area contributed by atoms with E-state index in [9.17, 15) is 9.90 Å². The zero-order chi connectivity index (χ0) is 9.53. The van der Waals surface area contributed by atoms with E-state index in [4.69, 9.17) is 0 Å². The highest BCUT2D eigenvalue weighted by Crippen LogP contribution is 2.47. The molecule has 1 aliphatic carbocycles. The van der Waals surface area contributed by atoms with E-state index in [1.807, 2.05) is 0 Å². The van der Waals surface area contributed by atoms with Crippen molar-refractivity contribution in [2.24, 2.45) is 5.41 Å². The summed E-state index contributed by atoms with van der Waals surface area (Å²) < 4.78 is 0. The third kappa shape index (κ3) is 1.26. The lowest BCUT2D eigenvalue weighted by molar-refractivity contribution is -0.169. The quantitative estimate of drug-likeness (QED) is 0.592. The van der Waals surface area contributed by atoms with E-state index in [1.54, 1.807) is 0 Å². The molecular formula is C10H17NO2. The van der Waals surface area contributed by atoms with E-state index < -0.39 is 5.72 Å². The summed E-state index contributed by atoms with van der Waals surface area (Å²) in [5.41, 5.74) is -1.00. The molecule has 1 saturated carbocycles. The maximum atomic E-state index is 11.2. The van der Waals surface area contributed by atoms with Crippen molar-refractivity contribution in [1.82, 2.24) is 5.32 Å². The number of amides is 1. The Hall–Kier alpha value is -0.570. The van der Waals surface area contributed by atoms with Crippen molar-refractivity contribution in [3.63, 3.8) is 0 Å². The van der Waals surface area contributed by atoms with Crippen LogP contribution < -0.4 is 5.32 Å². The maximum Gasteiger partial charge on any atom is 0.222 e. The number of hydrogen-bond acceptors (Lipinski definition) is 2. The molecule has 0 aromatic rings. The minimum Gasteiger partial charge on any atom is -0.370 e. The second-order valence-electron chi connectivity index (χ2n) is 4.68. The van der Waals surface area contributed by atoms with Crippen LogP contribution in [0.2, 0.25) is 0 Å². The Labute approximate surface area is 78.5 Å². The van der Waals surface area contributed by atoms with E-state index in [0.29, 0.717) is 6.42 Å². The standard InChI is InChI=1S/C10H17NO2/c1-9-5-2-3-6-10(9,13)11-8(12)4-7-9/h13H,2-7H2,1H3,(H,11,12). The highest BCUT2D eigenvalue weighted by atomic mass is 16.3. The van der Waals surface area contributed by atoms with Crippen LogP contribution >= 0.6 is 0 Å². The minimum atomic E-state index is -0.916. The zero-order valence-corrected chi connectivity index (χ0v) is 8.10. The Morgan fingerprint density at radius 1 is 1.31 bits per heavy atom. The minimum absolute atomic E-state index is 0.00174. The average Bonchev–Trinajstić information content (AvgIpc) is 2.07. The molecular weight excluding hydrogens is 166 g/mol. The first kappa shape index (κ1) is 9.00. The Balaban J connectivity index is 2.25. The van der Waals surface area contributed by atoms with Crippen molar-refractivity contribution in [3.8, 4) is 0 Å². The first-order valence-electron chi connectivity index (χ1n) is 5.09. The predicted molar refractivity (Wildman–Crippen MR) is 48.9 cm³/mol. The van der Waals surface area contributed by atoms with Gasteiger partial charge >= 0.3 is 0 Å². The van der Waals surface area contributed by atoms with Crippen molar-refractivity contribution < 1.29 is 9.90 Å². The molecule has 2 N–H and O–H groups in total. The van der Waals surface area contributed by atoms with Crippen molar-refractivity contribution in [1.29, 1.82) is 0 Å². The van der Waals surface area contributed by atoms with Crippen molar-refractivity contribution in [2.75, 3.05) is 0 Å². The van der Waals surface area contributed by atoms with Gasteiger partial charge in [-0.1, -0.05) is 13.3 Å². The summed E-state index contributed by atoms with van der Waals surface area (Å²) in [4.78, 5) is 11.2. The lowest BCUT2D eigenvalue weighted by atomic mass is 9.64. The van der Waals surface area contributed by atoms with Gasteiger partial charge in [0.25, 0.3) is 0 Å². The number of nitrogens with one attached hydrogen (secondary N) is 1. The first-order valence-corrected chi connectivity index (χ1v) is 5.09. The molecule has 2 unspecified atom stereocenters. The third-order valence-corrected chi connectivity index (χ3v) is 3.77. The number of hydrogen-bond donors (Lipinski definition) is 2. The van der Waals surface area contributed by atoms with Crippen LogP contribution in [0.25, 0.3) is 0 Å². The van der Waals surface area contributed by atoms with Gasteiger partial charge in [-0.25, -0.2) is 0 Å². The Morgan fingerprint density at radius 3 is 2.77 bits per heavy atom. The molecule has 0 aromatic heterocycles. The van der Waals surface area contributed by atoms with E-state index in [1.165, 1.54) is 6.42 Å². The molecule has 0 aromatic carbocycles. The van der Waals surface area contributed by atoms with Crippen molar-refractivity contribution in [3.05, 3.63) is 0 Å². The fraction of sp³-hybridized carbons (Fsp3) is 0.900. The van der Waals surface area contributed by atoms with Crippen LogP contribution in [-0.4, -0.2) is 16.7 Å². The molecule has 2 fully saturated rings. The Morgan fingerprint density at radius 2 is 2.00 bits per heavy atom. The van der Waals surface area contributed by atoms with Crippen LogP contribution in [0.4, 0.5) is 0 Å². The van der Waals surface area contributed by atoms with Crippen molar-refractivity contribution >= 4 is 5.91 Å². The summed E-state index contributed by atoms with van der Waals surface area (Å²) >= 11 is 0. The summed E-state index contributed by atoms with van der Waals surface area (Å²) in [6.45, 7) is 2.09. The molecule has 3 heteroatoms. The molecule has 0 bridgehead atoms. The monoisotopic (exact) mass is 183 g/mol. The van der Waals surface area contributed by atoms with Gasteiger partial charge in [0.15, 0.2) is 0 Å². The fourth-order valence-electron chi connectivity index (χ4n) is 2.63. The summed E-state index contributed by atoms with van der Waals surface area (Å²) in [5, 5.41) is 13.0. The summed E-state index contributed by atoms with van der Waals surface area (Å²) in [6, 6.07) is 0. The molecule has 1 heterocycles. The molecule has 2 aliphatic rings. The average molecular weight is 183 g/mol. The second-order valence-corrected chi connectivity index (χ2v) is 4.68. The molecule has 13 heavy (non-hydrogen) atoms. The van der Waals surface area contributed by atoms with Crippen LogP contribution in [0.1, 0.15) is 45.4 Å². The number of piperidine rings is 1. The van der Waals surface area contributed by atoms with Crippen LogP contribution in [0.3, 0.4) is 0 Å². The van der Waals surface area contributed by atoms with E-state index >= 15 is 0 Å². The number of carbonyl (C=O) groups excluding carboxylic acids is 1. The summed E-state index contributed by atoms with van der Waals surface area (Å²) in [7, 11) is 0. The molecule has 0 radical (unpaired) electrons. The first-order chi connectivity index (χ1) is 6.06. The summed E-state index contributed by atoms with van der Waals surface area (Å²) in [5.74, 6) is 0.00174. The molecule has 1 aliphatic heterocycles. The SMILES string of the molecule is CC12CCCCC1(O)NC(=O)CC2. The largest absolute Gasteiger partial charge is 0.370 e. The molecule has 2 rings (SSSR count). The van der Waals surface area contributed by atoms with Crippen LogP contribution in [0, 0.1) is 5.41 Å². The molecule has 2 atom stereocenters.